The largest absolute Gasteiger partial charge is 0.508 e. The molecule has 1 N–H and O–H groups in total. The van der Waals surface area contributed by atoms with Gasteiger partial charge in [-0.25, -0.2) is 8.78 Å². The molecule has 1 amide bonds. The van der Waals surface area contributed by atoms with E-state index in [4.69, 9.17) is 11.2 Å². The maximum Gasteiger partial charge on any atom is 0.318 e. The molecule has 2 aromatic carbocycles. The van der Waals surface area contributed by atoms with E-state index in [1.807, 2.05) is 14.1 Å². The van der Waals surface area contributed by atoms with Gasteiger partial charge in [0.15, 0.2) is 0 Å². The van der Waals surface area contributed by atoms with Gasteiger partial charge >= 0.3 is 6.01 Å². The fourth-order valence-electron chi connectivity index (χ4n) is 6.12. The van der Waals surface area contributed by atoms with Crippen LogP contribution in [-0.2, 0) is 13.1 Å². The number of phenolic OH excluding ortho intramolecular Hbond substituents is 1. The molecule has 1 saturated carbocycles. The molecular weight excluding hydrogens is 528 g/mol. The lowest BCUT2D eigenvalue weighted by molar-refractivity contribution is -0.0119. The maximum atomic E-state index is 14.5. The first kappa shape index (κ1) is 27.2. The molecule has 2 aliphatic heterocycles. The molecular formula is C31H33F2N5O3. The summed E-state index contributed by atoms with van der Waals surface area (Å²) in [5.41, 5.74) is 2.07. The molecule has 0 spiro atoms. The van der Waals surface area contributed by atoms with Crippen LogP contribution in [0, 0.1) is 17.8 Å². The minimum atomic E-state index is -2.83. The topological polar surface area (TPSA) is 82.0 Å². The Kier molecular flexibility index (Phi) is 6.73. The molecule has 41 heavy (non-hydrogen) atoms. The lowest BCUT2D eigenvalue weighted by Gasteiger charge is -2.34. The van der Waals surface area contributed by atoms with Gasteiger partial charge in [-0.2, -0.15) is 9.97 Å². The van der Waals surface area contributed by atoms with Crippen molar-refractivity contribution in [2.45, 2.75) is 44.7 Å². The Bertz CT molecular complexity index is 1560. The third-order valence-corrected chi connectivity index (χ3v) is 8.18. The molecule has 3 aromatic rings. The van der Waals surface area contributed by atoms with Crippen LogP contribution in [-0.4, -0.2) is 77.0 Å². The van der Waals surface area contributed by atoms with Crippen LogP contribution < -0.4 is 9.64 Å². The van der Waals surface area contributed by atoms with Crippen LogP contribution >= 0.6 is 0 Å². The third-order valence-electron chi connectivity index (χ3n) is 8.18. The van der Waals surface area contributed by atoms with Crippen LogP contribution in [0.3, 0.4) is 0 Å². The van der Waals surface area contributed by atoms with Crippen molar-refractivity contribution in [2.75, 3.05) is 45.2 Å². The molecule has 0 atom stereocenters. The number of terminal acetylenes is 1. The smallest absolute Gasteiger partial charge is 0.318 e. The van der Waals surface area contributed by atoms with Gasteiger partial charge in [-0.1, -0.05) is 18.1 Å². The Labute approximate surface area is 237 Å². The average molecular weight is 562 g/mol. The Morgan fingerprint density at radius 1 is 1.20 bits per heavy atom. The van der Waals surface area contributed by atoms with Crippen molar-refractivity contribution < 1.29 is 23.4 Å². The highest BCUT2D eigenvalue weighted by Crippen LogP contribution is 2.46. The fraction of sp³-hybridized carbons (Fsp3) is 0.452. The van der Waals surface area contributed by atoms with E-state index in [1.165, 1.54) is 6.07 Å². The molecule has 3 aliphatic rings. The Morgan fingerprint density at radius 3 is 2.71 bits per heavy atom. The van der Waals surface area contributed by atoms with Gasteiger partial charge in [0, 0.05) is 41.4 Å². The summed E-state index contributed by atoms with van der Waals surface area (Å²) in [6.07, 6.45) is 7.99. The molecule has 8 nitrogen and oxygen atoms in total. The summed E-state index contributed by atoms with van der Waals surface area (Å²) in [5, 5.41) is 11.6. The number of hydrogen-bond acceptors (Lipinski definition) is 7. The molecule has 10 heteroatoms. The van der Waals surface area contributed by atoms with E-state index in [9.17, 15) is 18.7 Å². The number of phenols is 1. The first-order valence-electron chi connectivity index (χ1n) is 13.9. The summed E-state index contributed by atoms with van der Waals surface area (Å²) in [6, 6.07) is 8.45. The number of aromatic hydroxyl groups is 1. The van der Waals surface area contributed by atoms with Crippen LogP contribution in [0.1, 0.15) is 52.9 Å². The molecule has 6 rings (SSSR count). The number of carbonyl (C=O) groups is 1. The number of piperidine rings is 1. The second-order valence-corrected chi connectivity index (χ2v) is 11.9. The predicted octanol–water partition coefficient (Wildman–Crippen LogP) is 4.43. The van der Waals surface area contributed by atoms with Crippen LogP contribution in [0.5, 0.6) is 11.8 Å². The Morgan fingerprint density at radius 2 is 2.00 bits per heavy atom. The number of halogens is 2. The van der Waals surface area contributed by atoms with E-state index in [1.54, 1.807) is 34.1 Å². The van der Waals surface area contributed by atoms with Gasteiger partial charge in [0.25, 0.3) is 11.8 Å². The monoisotopic (exact) mass is 561 g/mol. The number of benzene rings is 2. The van der Waals surface area contributed by atoms with Gasteiger partial charge in [-0.3, -0.25) is 4.79 Å². The lowest BCUT2D eigenvalue weighted by atomic mass is 9.98. The van der Waals surface area contributed by atoms with Crippen LogP contribution in [0.25, 0.3) is 10.8 Å². The molecule has 1 saturated heterocycles. The zero-order valence-corrected chi connectivity index (χ0v) is 23.3. The second kappa shape index (κ2) is 10.1. The third kappa shape index (κ3) is 5.38. The van der Waals surface area contributed by atoms with Crippen molar-refractivity contribution in [1.29, 1.82) is 0 Å². The van der Waals surface area contributed by atoms with Gasteiger partial charge in [0.1, 0.15) is 11.6 Å². The summed E-state index contributed by atoms with van der Waals surface area (Å²) in [7, 11) is 4.04. The molecule has 0 bridgehead atoms. The van der Waals surface area contributed by atoms with Crippen molar-refractivity contribution in [1.82, 2.24) is 19.8 Å². The number of alkyl halides is 2. The zero-order valence-electron chi connectivity index (χ0n) is 23.3. The van der Waals surface area contributed by atoms with Gasteiger partial charge in [0.05, 0.1) is 37.5 Å². The Hall–Kier alpha value is -3.97. The van der Waals surface area contributed by atoms with Crippen LogP contribution in [0.4, 0.5) is 14.6 Å². The van der Waals surface area contributed by atoms with Crippen molar-refractivity contribution in [3.05, 3.63) is 52.7 Å². The number of fused-ring (bicyclic) bond motifs is 2. The highest BCUT2D eigenvalue weighted by atomic mass is 19.3. The van der Waals surface area contributed by atoms with Crippen molar-refractivity contribution in [2.24, 2.45) is 5.41 Å². The minimum absolute atomic E-state index is 0.0390. The minimum Gasteiger partial charge on any atom is -0.508 e. The highest BCUT2D eigenvalue weighted by molar-refractivity contribution is 6.09. The zero-order chi connectivity index (χ0) is 28.9. The summed E-state index contributed by atoms with van der Waals surface area (Å²) < 4.78 is 35.1. The molecule has 1 aromatic heterocycles. The van der Waals surface area contributed by atoms with E-state index in [0.717, 1.165) is 19.4 Å². The average Bonchev–Trinajstić information content (AvgIpc) is 3.54. The fourth-order valence-corrected chi connectivity index (χ4v) is 6.12. The maximum absolute atomic E-state index is 14.5. The molecule has 3 heterocycles. The number of aromatic nitrogens is 2. The van der Waals surface area contributed by atoms with Gasteiger partial charge in [-0.05, 0) is 56.9 Å². The molecule has 1 aliphatic carbocycles. The van der Waals surface area contributed by atoms with Crippen LogP contribution in [0.2, 0.25) is 0 Å². The predicted molar refractivity (Wildman–Crippen MR) is 151 cm³/mol. The van der Waals surface area contributed by atoms with E-state index in [0.29, 0.717) is 53.0 Å². The number of ether oxygens (including phenoxy) is 1. The lowest BCUT2D eigenvalue weighted by Crippen LogP contribution is -2.43. The number of carbonyl (C=O) groups excluding carboxylic acids is 1. The van der Waals surface area contributed by atoms with Crippen molar-refractivity contribution in [3.8, 4) is 24.1 Å². The van der Waals surface area contributed by atoms with Crippen molar-refractivity contribution >= 4 is 22.5 Å². The molecule has 214 valence electrons. The summed E-state index contributed by atoms with van der Waals surface area (Å²) in [4.78, 5) is 28.5. The van der Waals surface area contributed by atoms with Gasteiger partial charge < -0.3 is 24.5 Å². The number of rotatable bonds is 7. The SMILES string of the molecule is C#Cc1cccc2cc(O)cc(C(=O)N3Cc4nc(OCC5(CN(C)C)CC5)nc(N5CCCC(F)(F)C5)c4C3)c12. The summed E-state index contributed by atoms with van der Waals surface area (Å²) in [5.74, 6) is -0.202. The normalized spacial score (nSPS) is 18.8. The van der Waals surface area contributed by atoms with Crippen LogP contribution in [0.15, 0.2) is 30.3 Å². The number of nitrogens with zero attached hydrogens (tertiary/aromatic N) is 5. The molecule has 2 fully saturated rings. The van der Waals surface area contributed by atoms with E-state index in [2.05, 4.69) is 20.8 Å². The first-order chi connectivity index (χ1) is 19.6. The van der Waals surface area contributed by atoms with Gasteiger partial charge in [-0.15, -0.1) is 6.42 Å². The Balaban J connectivity index is 1.34. The number of amides is 1. The standard InChI is InChI=1S/C31H33F2N5O3/c1-4-20-7-5-8-21-13-22(39)14-23(26(20)21)28(40)38-15-24-25(16-38)34-29(41-19-30(10-11-30)17-36(2)3)35-27(24)37-12-6-9-31(32,33)18-37/h1,5,7-8,13-14,39H,6,9-12,15-19H2,2-3H3. The molecule has 0 unspecified atom stereocenters. The first-order valence-corrected chi connectivity index (χ1v) is 13.9. The van der Waals surface area contributed by atoms with E-state index < -0.39 is 12.5 Å². The number of anilines is 1. The summed E-state index contributed by atoms with van der Waals surface area (Å²) in [6.45, 7) is 1.60. The quantitative estimate of drug-likeness (QED) is 0.428. The second-order valence-electron chi connectivity index (χ2n) is 11.9. The molecule has 0 radical (unpaired) electrons. The van der Waals surface area contributed by atoms with Gasteiger partial charge in [0.2, 0.25) is 0 Å². The van der Waals surface area contributed by atoms with E-state index >= 15 is 0 Å². The van der Waals surface area contributed by atoms with E-state index in [-0.39, 0.29) is 48.2 Å². The highest BCUT2D eigenvalue weighted by Gasteiger charge is 2.44. The van der Waals surface area contributed by atoms with Crippen molar-refractivity contribution in [3.63, 3.8) is 0 Å². The summed E-state index contributed by atoms with van der Waals surface area (Å²) >= 11 is 0. The number of hydrogen-bond donors (Lipinski definition) is 1.